The van der Waals surface area contributed by atoms with E-state index in [2.05, 4.69) is 5.32 Å². The summed E-state index contributed by atoms with van der Waals surface area (Å²) in [6.07, 6.45) is 1.92. The predicted octanol–water partition coefficient (Wildman–Crippen LogP) is 4.89. The number of rotatable bonds is 11. The number of anilines is 1. The molecule has 3 aromatic rings. The van der Waals surface area contributed by atoms with Crippen LogP contribution in [0.5, 0.6) is 11.5 Å². The van der Waals surface area contributed by atoms with E-state index in [9.17, 15) is 13.2 Å². The minimum absolute atomic E-state index is 0.106. The summed E-state index contributed by atoms with van der Waals surface area (Å²) in [5.74, 6) is 0.818. The third kappa shape index (κ3) is 6.49. The molecule has 0 unspecified atom stereocenters. The van der Waals surface area contributed by atoms with Crippen molar-refractivity contribution in [2.75, 3.05) is 30.8 Å². The van der Waals surface area contributed by atoms with Gasteiger partial charge in [-0.05, 0) is 74.7 Å². The summed E-state index contributed by atoms with van der Waals surface area (Å²) in [5, 5.41) is 2.89. The van der Waals surface area contributed by atoms with Crippen LogP contribution in [0, 0.1) is 0 Å². The largest absolute Gasteiger partial charge is 0.496 e. The second kappa shape index (κ2) is 12.0. The number of carbonyl (C=O) groups excluding carboxylic acids is 1. The van der Waals surface area contributed by atoms with Crippen molar-refractivity contribution in [3.63, 3.8) is 0 Å². The number of thioether (sulfide) groups is 1. The van der Waals surface area contributed by atoms with Crippen LogP contribution < -0.4 is 19.1 Å². The number of ether oxygens (including phenoxy) is 2. The molecule has 1 N–H and O–H groups in total. The highest BCUT2D eigenvalue weighted by atomic mass is 32.2. The van der Waals surface area contributed by atoms with E-state index in [1.807, 2.05) is 44.4 Å². The zero-order chi connectivity index (χ0) is 25.4. The zero-order valence-corrected chi connectivity index (χ0v) is 21.9. The van der Waals surface area contributed by atoms with Gasteiger partial charge >= 0.3 is 0 Å². The predicted molar refractivity (Wildman–Crippen MR) is 140 cm³/mol. The topological polar surface area (TPSA) is 84.9 Å². The highest BCUT2D eigenvalue weighted by Crippen LogP contribution is 2.28. The summed E-state index contributed by atoms with van der Waals surface area (Å²) >= 11 is 1.52. The van der Waals surface area contributed by atoms with Gasteiger partial charge in [0.1, 0.15) is 18.0 Å². The molecule has 7 nitrogen and oxygen atoms in total. The van der Waals surface area contributed by atoms with Crippen LogP contribution >= 0.6 is 11.8 Å². The lowest BCUT2D eigenvalue weighted by atomic mass is 10.1. The third-order valence-electron chi connectivity index (χ3n) is 5.35. The molecule has 3 aromatic carbocycles. The van der Waals surface area contributed by atoms with E-state index in [-0.39, 0.29) is 17.5 Å². The molecule has 9 heteroatoms. The van der Waals surface area contributed by atoms with Gasteiger partial charge in [-0.2, -0.15) is 0 Å². The average molecular weight is 515 g/mol. The van der Waals surface area contributed by atoms with Gasteiger partial charge in [-0.25, -0.2) is 8.42 Å². The Morgan fingerprint density at radius 3 is 2.29 bits per heavy atom. The first-order valence-corrected chi connectivity index (χ1v) is 13.8. The second-order valence-electron chi connectivity index (χ2n) is 7.65. The van der Waals surface area contributed by atoms with E-state index in [4.69, 9.17) is 9.47 Å². The van der Waals surface area contributed by atoms with Gasteiger partial charge in [0.15, 0.2) is 0 Å². The first-order chi connectivity index (χ1) is 16.8. The Bertz CT molecular complexity index is 1230. The van der Waals surface area contributed by atoms with Crippen LogP contribution in [0.4, 0.5) is 5.69 Å². The minimum Gasteiger partial charge on any atom is -0.496 e. The minimum atomic E-state index is -4.01. The average Bonchev–Trinajstić information content (AvgIpc) is 2.88. The summed E-state index contributed by atoms with van der Waals surface area (Å²) in [6, 6.07) is 20.2. The fraction of sp³-hybridized carbons (Fsp3) is 0.269. The number of para-hydroxylation sites is 1. The standard InChI is InChI=1S/C26H30N2O5S2/c1-5-33-21-12-10-20(11-13-21)28(35(30,31)23-16-14-22(34-4)15-17-23)18-26(29)27-19(2)24-8-6-7-9-25(24)32-3/h6-17,19H,5,18H2,1-4H3,(H,27,29)/t19-/m0/s1. The number of sulfonamides is 1. The lowest BCUT2D eigenvalue weighted by Crippen LogP contribution is -2.41. The van der Waals surface area contributed by atoms with Crippen LogP contribution in [-0.4, -0.2) is 40.8 Å². The van der Waals surface area contributed by atoms with Gasteiger partial charge in [0.25, 0.3) is 10.0 Å². The monoisotopic (exact) mass is 514 g/mol. The van der Waals surface area contributed by atoms with Crippen LogP contribution in [0.1, 0.15) is 25.5 Å². The highest BCUT2D eigenvalue weighted by molar-refractivity contribution is 7.98. The summed E-state index contributed by atoms with van der Waals surface area (Å²) < 4.78 is 39.2. The Labute approximate surface area is 211 Å². The van der Waals surface area contributed by atoms with E-state index >= 15 is 0 Å². The molecule has 0 radical (unpaired) electrons. The van der Waals surface area contributed by atoms with E-state index in [1.54, 1.807) is 55.6 Å². The van der Waals surface area contributed by atoms with Crippen LogP contribution in [0.2, 0.25) is 0 Å². The maximum atomic E-state index is 13.6. The van der Waals surface area contributed by atoms with E-state index in [0.717, 1.165) is 14.8 Å². The molecule has 0 spiro atoms. The number of methoxy groups -OCH3 is 1. The van der Waals surface area contributed by atoms with Gasteiger partial charge < -0.3 is 14.8 Å². The summed E-state index contributed by atoms with van der Waals surface area (Å²) in [7, 11) is -2.45. The van der Waals surface area contributed by atoms with Gasteiger partial charge in [-0.15, -0.1) is 11.8 Å². The van der Waals surface area contributed by atoms with Crippen LogP contribution in [-0.2, 0) is 14.8 Å². The van der Waals surface area contributed by atoms with E-state index in [0.29, 0.717) is 23.8 Å². The third-order valence-corrected chi connectivity index (χ3v) is 7.88. The number of amides is 1. The van der Waals surface area contributed by atoms with Crippen molar-refractivity contribution in [1.29, 1.82) is 0 Å². The van der Waals surface area contributed by atoms with Crippen molar-refractivity contribution in [2.45, 2.75) is 29.7 Å². The van der Waals surface area contributed by atoms with Crippen LogP contribution in [0.25, 0.3) is 0 Å². The van der Waals surface area contributed by atoms with Crippen LogP contribution in [0.15, 0.2) is 82.6 Å². The van der Waals surface area contributed by atoms with Gasteiger partial charge in [0.05, 0.1) is 30.3 Å². The van der Waals surface area contributed by atoms with E-state index in [1.165, 1.54) is 11.8 Å². The Hall–Kier alpha value is -3.17. The number of hydrogen-bond donors (Lipinski definition) is 1. The number of nitrogens with zero attached hydrogens (tertiary/aromatic N) is 1. The molecule has 1 amide bonds. The quantitative estimate of drug-likeness (QED) is 0.367. The smallest absolute Gasteiger partial charge is 0.264 e. The molecule has 0 saturated carbocycles. The number of benzene rings is 3. The molecule has 0 fully saturated rings. The second-order valence-corrected chi connectivity index (χ2v) is 10.4. The van der Waals surface area contributed by atoms with Crippen molar-refractivity contribution in [3.8, 4) is 11.5 Å². The lowest BCUT2D eigenvalue weighted by molar-refractivity contribution is -0.120. The Morgan fingerprint density at radius 1 is 1.03 bits per heavy atom. The van der Waals surface area contributed by atoms with Gasteiger partial charge in [0, 0.05) is 10.5 Å². The Balaban J connectivity index is 1.90. The molecule has 0 heterocycles. The summed E-state index contributed by atoms with van der Waals surface area (Å²) in [5.41, 5.74) is 1.16. The lowest BCUT2D eigenvalue weighted by Gasteiger charge is -2.25. The first kappa shape index (κ1) is 26.4. The summed E-state index contributed by atoms with van der Waals surface area (Å²) in [4.78, 5) is 14.1. The van der Waals surface area contributed by atoms with Gasteiger partial charge in [0.2, 0.25) is 5.91 Å². The number of carbonyl (C=O) groups is 1. The molecule has 0 aromatic heterocycles. The molecular formula is C26H30N2O5S2. The van der Waals surface area contributed by atoms with Gasteiger partial charge in [-0.1, -0.05) is 18.2 Å². The van der Waals surface area contributed by atoms with Crippen molar-refractivity contribution >= 4 is 33.4 Å². The molecule has 0 saturated heterocycles. The van der Waals surface area contributed by atoms with Gasteiger partial charge in [-0.3, -0.25) is 9.10 Å². The summed E-state index contributed by atoms with van der Waals surface area (Å²) in [6.45, 7) is 3.80. The molecule has 0 aliphatic carbocycles. The van der Waals surface area contributed by atoms with Crippen molar-refractivity contribution in [2.24, 2.45) is 0 Å². The molecule has 0 bridgehead atoms. The van der Waals surface area contributed by atoms with Crippen LogP contribution in [0.3, 0.4) is 0 Å². The molecule has 35 heavy (non-hydrogen) atoms. The Kier molecular flexibility index (Phi) is 9.06. The number of hydrogen-bond acceptors (Lipinski definition) is 6. The molecule has 1 atom stereocenters. The molecule has 0 aliphatic rings. The molecule has 3 rings (SSSR count). The van der Waals surface area contributed by atoms with E-state index < -0.39 is 15.9 Å². The fourth-order valence-corrected chi connectivity index (χ4v) is 5.41. The zero-order valence-electron chi connectivity index (χ0n) is 20.2. The van der Waals surface area contributed by atoms with Crippen molar-refractivity contribution in [3.05, 3.63) is 78.4 Å². The molecular weight excluding hydrogens is 484 g/mol. The highest BCUT2D eigenvalue weighted by Gasteiger charge is 2.28. The Morgan fingerprint density at radius 2 is 1.69 bits per heavy atom. The molecule has 0 aliphatic heterocycles. The van der Waals surface area contributed by atoms with Crippen molar-refractivity contribution < 1.29 is 22.7 Å². The fourth-order valence-electron chi connectivity index (χ4n) is 3.58. The normalized spacial score (nSPS) is 12.0. The SMILES string of the molecule is CCOc1ccc(N(CC(=O)N[C@@H](C)c2ccccc2OC)S(=O)(=O)c2ccc(SC)cc2)cc1. The maximum Gasteiger partial charge on any atom is 0.264 e. The number of nitrogens with one attached hydrogen (secondary N) is 1. The first-order valence-electron chi connectivity index (χ1n) is 11.1. The molecule has 186 valence electrons. The van der Waals surface area contributed by atoms with Crippen molar-refractivity contribution in [1.82, 2.24) is 5.32 Å². The maximum absolute atomic E-state index is 13.6.